The molecule has 0 aliphatic carbocycles. The van der Waals surface area contributed by atoms with Gasteiger partial charge in [0, 0.05) is 23.8 Å². The maximum Gasteiger partial charge on any atom is 0.210 e. The van der Waals surface area contributed by atoms with Gasteiger partial charge in [0.05, 0.1) is 5.52 Å². The smallest absolute Gasteiger partial charge is 0.210 e. The number of fused-ring (bicyclic) bond motifs is 1. The Bertz CT molecular complexity index is 565. The molecule has 0 spiro atoms. The van der Waals surface area contributed by atoms with E-state index in [1.54, 1.807) is 6.20 Å². The van der Waals surface area contributed by atoms with Crippen molar-refractivity contribution in [2.75, 3.05) is 11.9 Å². The summed E-state index contributed by atoms with van der Waals surface area (Å²) in [7, 11) is 0. The fourth-order valence-corrected chi connectivity index (χ4v) is 1.76. The number of pyridine rings is 1. The van der Waals surface area contributed by atoms with E-state index in [2.05, 4.69) is 27.6 Å². The topological polar surface area (TPSA) is 75.3 Å². The molecule has 0 unspecified atom stereocenters. The lowest BCUT2D eigenvalue weighted by Gasteiger charge is -2.09. The number of nitrogens with zero attached hydrogens (tertiary/aromatic N) is 2. The van der Waals surface area contributed by atoms with E-state index >= 15 is 0 Å². The first-order chi connectivity index (χ1) is 9.33. The van der Waals surface area contributed by atoms with Gasteiger partial charge >= 0.3 is 0 Å². The Morgan fingerprint density at radius 2 is 2.26 bits per heavy atom. The summed E-state index contributed by atoms with van der Waals surface area (Å²) in [5.41, 5.74) is 4.49. The minimum atomic E-state index is 0.580. The fourth-order valence-electron chi connectivity index (χ4n) is 1.76. The maximum atomic E-state index is 5.46. The molecule has 19 heavy (non-hydrogen) atoms. The van der Waals surface area contributed by atoms with Crippen LogP contribution in [0.5, 0.6) is 0 Å². The fraction of sp³-hybridized carbons (Fsp3) is 0.286. The summed E-state index contributed by atoms with van der Waals surface area (Å²) in [6.45, 7) is 2.90. The van der Waals surface area contributed by atoms with Crippen LogP contribution in [0.15, 0.2) is 41.5 Å². The number of anilines is 1. The normalized spacial score (nSPS) is 11.6. The maximum absolute atomic E-state index is 5.46. The standard InChI is InChI=1S/C14H19N5/c1-2-3-8-17-14(19-15)18-12-6-7-13-11(10-12)5-4-9-16-13/h4-7,9-10H,2-3,8,15H2,1H3,(H2,17,18,19). The van der Waals surface area contributed by atoms with Crippen molar-refractivity contribution in [3.05, 3.63) is 36.5 Å². The molecule has 0 amide bonds. The zero-order valence-electron chi connectivity index (χ0n) is 11.1. The van der Waals surface area contributed by atoms with E-state index < -0.39 is 0 Å². The van der Waals surface area contributed by atoms with Crippen molar-refractivity contribution >= 4 is 22.5 Å². The van der Waals surface area contributed by atoms with Crippen molar-refractivity contribution in [1.82, 2.24) is 10.4 Å². The molecule has 2 rings (SSSR count). The molecule has 0 bridgehead atoms. The van der Waals surface area contributed by atoms with E-state index in [-0.39, 0.29) is 0 Å². The number of nitrogens with one attached hydrogen (secondary N) is 2. The molecule has 1 aromatic heterocycles. The number of guanidine groups is 1. The molecular formula is C14H19N5. The number of rotatable bonds is 4. The minimum Gasteiger partial charge on any atom is -0.325 e. The molecular weight excluding hydrogens is 238 g/mol. The average Bonchev–Trinajstić information content (AvgIpc) is 2.46. The number of hydrogen-bond acceptors (Lipinski definition) is 3. The third kappa shape index (κ3) is 3.66. The lowest BCUT2D eigenvalue weighted by Crippen LogP contribution is -2.36. The van der Waals surface area contributed by atoms with Crippen LogP contribution in [0.1, 0.15) is 19.8 Å². The van der Waals surface area contributed by atoms with E-state index in [0.717, 1.165) is 36.0 Å². The van der Waals surface area contributed by atoms with Gasteiger partial charge in [-0.05, 0) is 30.7 Å². The summed E-state index contributed by atoms with van der Waals surface area (Å²) in [6.07, 6.45) is 3.95. The Kier molecular flexibility index (Phi) is 4.69. The molecule has 100 valence electrons. The van der Waals surface area contributed by atoms with E-state index in [0.29, 0.717) is 5.96 Å². The number of nitrogens with two attached hydrogens (primary N) is 1. The van der Waals surface area contributed by atoms with Crippen LogP contribution in [0.25, 0.3) is 10.9 Å². The van der Waals surface area contributed by atoms with Crippen molar-refractivity contribution in [3.63, 3.8) is 0 Å². The summed E-state index contributed by atoms with van der Waals surface area (Å²) in [4.78, 5) is 8.65. The van der Waals surface area contributed by atoms with Gasteiger partial charge in [-0.15, -0.1) is 0 Å². The molecule has 0 aliphatic rings. The molecule has 0 aliphatic heterocycles. The van der Waals surface area contributed by atoms with Crippen LogP contribution in [-0.4, -0.2) is 17.5 Å². The predicted octanol–water partition coefficient (Wildman–Crippen LogP) is 2.27. The summed E-state index contributed by atoms with van der Waals surface area (Å²) in [5.74, 6) is 6.04. The number of hydrogen-bond donors (Lipinski definition) is 3. The molecule has 0 radical (unpaired) electrons. The van der Waals surface area contributed by atoms with Crippen molar-refractivity contribution in [2.24, 2.45) is 10.8 Å². The molecule has 0 fully saturated rings. The highest BCUT2D eigenvalue weighted by Gasteiger charge is 2.00. The first-order valence-electron chi connectivity index (χ1n) is 6.46. The molecule has 4 N–H and O–H groups in total. The molecule has 5 heteroatoms. The minimum absolute atomic E-state index is 0.580. The van der Waals surface area contributed by atoms with Gasteiger partial charge < -0.3 is 5.32 Å². The highest BCUT2D eigenvalue weighted by molar-refractivity contribution is 5.95. The van der Waals surface area contributed by atoms with E-state index in [9.17, 15) is 0 Å². The number of benzene rings is 1. The van der Waals surface area contributed by atoms with Crippen LogP contribution in [0.2, 0.25) is 0 Å². The van der Waals surface area contributed by atoms with Crippen molar-refractivity contribution in [3.8, 4) is 0 Å². The summed E-state index contributed by atoms with van der Waals surface area (Å²) in [5, 5.41) is 4.25. The lowest BCUT2D eigenvalue weighted by molar-refractivity contribution is 0.801. The number of aliphatic imine (C=N–C) groups is 1. The van der Waals surface area contributed by atoms with Crippen LogP contribution >= 0.6 is 0 Å². The molecule has 2 aromatic rings. The number of unbranched alkanes of at least 4 members (excludes halogenated alkanes) is 1. The van der Waals surface area contributed by atoms with E-state index in [1.165, 1.54) is 0 Å². The Morgan fingerprint density at radius 3 is 3.05 bits per heavy atom. The van der Waals surface area contributed by atoms with Crippen molar-refractivity contribution in [1.29, 1.82) is 0 Å². The number of hydrazine groups is 1. The second-order valence-electron chi connectivity index (χ2n) is 4.26. The highest BCUT2D eigenvalue weighted by atomic mass is 15.3. The Hall–Kier alpha value is -2.14. The quantitative estimate of drug-likeness (QED) is 0.258. The lowest BCUT2D eigenvalue weighted by atomic mass is 10.2. The van der Waals surface area contributed by atoms with Crippen LogP contribution in [0.4, 0.5) is 5.69 Å². The molecule has 0 atom stereocenters. The molecule has 1 aromatic carbocycles. The molecule has 5 nitrogen and oxygen atoms in total. The van der Waals surface area contributed by atoms with Gasteiger partial charge in [-0.3, -0.25) is 15.4 Å². The molecule has 1 heterocycles. The zero-order chi connectivity index (χ0) is 13.5. The third-order valence-corrected chi connectivity index (χ3v) is 2.78. The van der Waals surface area contributed by atoms with Gasteiger partial charge in [-0.25, -0.2) is 5.84 Å². The van der Waals surface area contributed by atoms with Gasteiger partial charge in [0.15, 0.2) is 0 Å². The monoisotopic (exact) mass is 257 g/mol. The SMILES string of the molecule is CCCCN=C(NN)Nc1ccc2ncccc2c1. The Balaban J connectivity index is 2.13. The van der Waals surface area contributed by atoms with Crippen LogP contribution in [0, 0.1) is 0 Å². The van der Waals surface area contributed by atoms with Crippen LogP contribution < -0.4 is 16.6 Å². The van der Waals surface area contributed by atoms with Gasteiger partial charge in [-0.2, -0.15) is 0 Å². The second-order valence-corrected chi connectivity index (χ2v) is 4.26. The van der Waals surface area contributed by atoms with E-state index in [4.69, 9.17) is 5.84 Å². The highest BCUT2D eigenvalue weighted by Crippen LogP contribution is 2.16. The summed E-state index contributed by atoms with van der Waals surface area (Å²) < 4.78 is 0. The largest absolute Gasteiger partial charge is 0.325 e. The van der Waals surface area contributed by atoms with Crippen LogP contribution in [0.3, 0.4) is 0 Å². The average molecular weight is 257 g/mol. The van der Waals surface area contributed by atoms with E-state index in [1.807, 2.05) is 30.3 Å². The molecule has 0 saturated heterocycles. The first kappa shape index (κ1) is 13.3. The second kappa shape index (κ2) is 6.70. The van der Waals surface area contributed by atoms with Crippen LogP contribution in [-0.2, 0) is 0 Å². The van der Waals surface area contributed by atoms with Crippen molar-refractivity contribution in [2.45, 2.75) is 19.8 Å². The first-order valence-corrected chi connectivity index (χ1v) is 6.46. The van der Waals surface area contributed by atoms with Gasteiger partial charge in [0.1, 0.15) is 0 Å². The number of aromatic nitrogens is 1. The Labute approximate surface area is 112 Å². The summed E-state index contributed by atoms with van der Waals surface area (Å²) in [6, 6.07) is 9.90. The van der Waals surface area contributed by atoms with Gasteiger partial charge in [0.25, 0.3) is 0 Å². The Morgan fingerprint density at radius 1 is 1.37 bits per heavy atom. The summed E-state index contributed by atoms with van der Waals surface area (Å²) >= 11 is 0. The third-order valence-electron chi connectivity index (χ3n) is 2.78. The predicted molar refractivity (Wildman–Crippen MR) is 79.9 cm³/mol. The molecule has 0 saturated carbocycles. The van der Waals surface area contributed by atoms with Crippen molar-refractivity contribution < 1.29 is 0 Å². The van der Waals surface area contributed by atoms with Gasteiger partial charge in [0.2, 0.25) is 5.96 Å². The van der Waals surface area contributed by atoms with Gasteiger partial charge in [-0.1, -0.05) is 19.4 Å². The zero-order valence-corrected chi connectivity index (χ0v) is 11.1.